The van der Waals surface area contributed by atoms with Crippen LogP contribution in [0.25, 0.3) is 0 Å². The highest BCUT2D eigenvalue weighted by atomic mass is 16.2. The van der Waals surface area contributed by atoms with Crippen molar-refractivity contribution in [2.45, 2.75) is 32.6 Å². The highest BCUT2D eigenvalue weighted by Gasteiger charge is 2.21. The first kappa shape index (κ1) is 12.5. The number of H-pyrrole nitrogens is 1. The minimum absolute atomic E-state index is 0.0385. The van der Waals surface area contributed by atoms with E-state index < -0.39 is 0 Å². The lowest BCUT2D eigenvalue weighted by molar-refractivity contribution is -0.127. The van der Waals surface area contributed by atoms with Crippen molar-refractivity contribution in [3.63, 3.8) is 0 Å². The summed E-state index contributed by atoms with van der Waals surface area (Å²) in [5, 5.41) is 2.77. The molecule has 4 nitrogen and oxygen atoms in total. The maximum Gasteiger partial charge on any atom is 0.227 e. The normalized spacial score (nSPS) is 11.2. The van der Waals surface area contributed by atoms with Gasteiger partial charge in [0.05, 0.1) is 6.42 Å². The Labute approximate surface area is 95.4 Å². The second-order valence-electron chi connectivity index (χ2n) is 4.64. The molecule has 0 unspecified atom stereocenters. The molecule has 16 heavy (non-hydrogen) atoms. The molecule has 0 bridgehead atoms. The van der Waals surface area contributed by atoms with Crippen molar-refractivity contribution in [1.82, 2.24) is 10.3 Å². The zero-order chi connectivity index (χ0) is 12.2. The van der Waals surface area contributed by atoms with Crippen LogP contribution in [0.15, 0.2) is 18.5 Å². The van der Waals surface area contributed by atoms with Gasteiger partial charge in [-0.25, -0.2) is 0 Å². The lowest BCUT2D eigenvalue weighted by Gasteiger charge is -2.23. The number of carbonyl (C=O) groups excluding carboxylic acids is 2. The van der Waals surface area contributed by atoms with Crippen molar-refractivity contribution in [1.29, 1.82) is 0 Å². The van der Waals surface area contributed by atoms with Gasteiger partial charge in [0.1, 0.15) is 5.78 Å². The Morgan fingerprint density at radius 2 is 2.12 bits per heavy atom. The number of amides is 1. The Balaban J connectivity index is 2.48. The van der Waals surface area contributed by atoms with Gasteiger partial charge in [0.15, 0.2) is 0 Å². The lowest BCUT2D eigenvalue weighted by atomic mass is 9.86. The van der Waals surface area contributed by atoms with Crippen LogP contribution in [0, 0.1) is 0 Å². The van der Waals surface area contributed by atoms with E-state index in [4.69, 9.17) is 0 Å². The number of Topliss-reactive ketones (excluding diaryl/α,β-unsaturated/α-hetero) is 1. The van der Waals surface area contributed by atoms with Crippen LogP contribution >= 0.6 is 0 Å². The molecule has 0 spiro atoms. The first-order valence-electron chi connectivity index (χ1n) is 5.31. The van der Waals surface area contributed by atoms with E-state index in [9.17, 15) is 9.59 Å². The van der Waals surface area contributed by atoms with E-state index in [1.807, 2.05) is 32.3 Å². The third kappa shape index (κ3) is 3.53. The smallest absolute Gasteiger partial charge is 0.227 e. The van der Waals surface area contributed by atoms with Crippen LogP contribution in [0.1, 0.15) is 32.8 Å². The molecule has 1 amide bonds. The van der Waals surface area contributed by atoms with Gasteiger partial charge < -0.3 is 10.3 Å². The molecule has 1 rings (SSSR count). The van der Waals surface area contributed by atoms with E-state index in [1.54, 1.807) is 0 Å². The van der Waals surface area contributed by atoms with Gasteiger partial charge in [0.2, 0.25) is 5.91 Å². The Morgan fingerprint density at radius 1 is 1.44 bits per heavy atom. The van der Waals surface area contributed by atoms with Crippen molar-refractivity contribution in [3.8, 4) is 0 Å². The summed E-state index contributed by atoms with van der Waals surface area (Å²) in [5.74, 6) is -0.326. The largest absolute Gasteiger partial charge is 0.367 e. The number of rotatable bonds is 5. The standard InChI is InChI=1S/C12H18N2O2/c1-9(15)6-11(16)14-8-12(2,3)10-4-5-13-7-10/h4-5,7,13H,6,8H2,1-3H3,(H,14,16). The molecule has 0 radical (unpaired) electrons. The van der Waals surface area contributed by atoms with Crippen LogP contribution < -0.4 is 5.32 Å². The lowest BCUT2D eigenvalue weighted by Crippen LogP contribution is -2.37. The van der Waals surface area contributed by atoms with E-state index in [0.29, 0.717) is 6.54 Å². The highest BCUT2D eigenvalue weighted by molar-refractivity contribution is 5.96. The zero-order valence-electron chi connectivity index (χ0n) is 9.96. The number of aromatic nitrogens is 1. The maximum absolute atomic E-state index is 11.3. The molecule has 0 saturated heterocycles. The molecule has 4 heteroatoms. The van der Waals surface area contributed by atoms with Gasteiger partial charge in [-0.3, -0.25) is 9.59 Å². The van der Waals surface area contributed by atoms with Gasteiger partial charge in [-0.05, 0) is 18.6 Å². The number of aromatic amines is 1. The number of nitrogens with one attached hydrogen (secondary N) is 2. The fourth-order valence-corrected chi connectivity index (χ4v) is 1.46. The average Bonchev–Trinajstić information content (AvgIpc) is 2.67. The highest BCUT2D eigenvalue weighted by Crippen LogP contribution is 2.21. The predicted molar refractivity (Wildman–Crippen MR) is 62.1 cm³/mol. The summed E-state index contributed by atoms with van der Waals surface area (Å²) >= 11 is 0. The molecule has 0 aliphatic carbocycles. The van der Waals surface area contributed by atoms with Crippen LogP contribution in [-0.2, 0) is 15.0 Å². The second-order valence-corrected chi connectivity index (χ2v) is 4.64. The molecular formula is C12H18N2O2. The van der Waals surface area contributed by atoms with Crippen LogP contribution in [-0.4, -0.2) is 23.2 Å². The van der Waals surface area contributed by atoms with Crippen molar-refractivity contribution < 1.29 is 9.59 Å². The monoisotopic (exact) mass is 222 g/mol. The number of carbonyl (C=O) groups is 2. The SMILES string of the molecule is CC(=O)CC(=O)NCC(C)(C)c1cc[nH]c1. The quantitative estimate of drug-likeness (QED) is 0.739. The molecule has 1 heterocycles. The van der Waals surface area contributed by atoms with Crippen molar-refractivity contribution in [2.75, 3.05) is 6.54 Å². The Hall–Kier alpha value is -1.58. The summed E-state index contributed by atoms with van der Waals surface area (Å²) in [6.45, 7) is 6.03. The first-order chi connectivity index (χ1) is 7.42. The first-order valence-corrected chi connectivity index (χ1v) is 5.31. The van der Waals surface area contributed by atoms with E-state index in [-0.39, 0.29) is 23.5 Å². The Bertz CT molecular complexity index is 366. The summed E-state index contributed by atoms with van der Waals surface area (Å²) in [5.41, 5.74) is 1.00. The van der Waals surface area contributed by atoms with Gasteiger partial charge in [0, 0.05) is 24.4 Å². The molecule has 1 aromatic rings. The molecule has 0 fully saturated rings. The number of ketones is 1. The second kappa shape index (κ2) is 4.96. The summed E-state index contributed by atoms with van der Waals surface area (Å²) < 4.78 is 0. The molecule has 0 aliphatic rings. The molecular weight excluding hydrogens is 204 g/mol. The van der Waals surface area contributed by atoms with Crippen molar-refractivity contribution >= 4 is 11.7 Å². The fourth-order valence-electron chi connectivity index (χ4n) is 1.46. The molecule has 0 aromatic carbocycles. The Morgan fingerprint density at radius 3 is 2.62 bits per heavy atom. The van der Waals surface area contributed by atoms with E-state index in [0.717, 1.165) is 5.56 Å². The molecule has 2 N–H and O–H groups in total. The fraction of sp³-hybridized carbons (Fsp3) is 0.500. The summed E-state index contributed by atoms with van der Waals surface area (Å²) in [6, 6.07) is 1.98. The van der Waals surface area contributed by atoms with Crippen LogP contribution in [0.5, 0.6) is 0 Å². The predicted octanol–water partition coefficient (Wildman–Crippen LogP) is 1.39. The van der Waals surface area contributed by atoms with Crippen molar-refractivity contribution in [2.24, 2.45) is 0 Å². The van der Waals surface area contributed by atoms with Crippen LogP contribution in [0.2, 0.25) is 0 Å². The summed E-state index contributed by atoms with van der Waals surface area (Å²) in [4.78, 5) is 25.1. The maximum atomic E-state index is 11.3. The van der Waals surface area contributed by atoms with Gasteiger partial charge in [0.25, 0.3) is 0 Å². The molecule has 0 atom stereocenters. The van der Waals surface area contributed by atoms with E-state index >= 15 is 0 Å². The van der Waals surface area contributed by atoms with Gasteiger partial charge in [-0.15, -0.1) is 0 Å². The minimum Gasteiger partial charge on any atom is -0.367 e. The zero-order valence-corrected chi connectivity index (χ0v) is 9.96. The van der Waals surface area contributed by atoms with Gasteiger partial charge in [-0.1, -0.05) is 13.8 Å². The van der Waals surface area contributed by atoms with E-state index in [1.165, 1.54) is 6.92 Å². The van der Waals surface area contributed by atoms with E-state index in [2.05, 4.69) is 10.3 Å². The molecule has 1 aromatic heterocycles. The third-order valence-corrected chi connectivity index (χ3v) is 2.52. The topological polar surface area (TPSA) is 62.0 Å². The average molecular weight is 222 g/mol. The van der Waals surface area contributed by atoms with Crippen LogP contribution in [0.3, 0.4) is 0 Å². The van der Waals surface area contributed by atoms with Gasteiger partial charge >= 0.3 is 0 Å². The number of hydrogen-bond donors (Lipinski definition) is 2. The van der Waals surface area contributed by atoms with Gasteiger partial charge in [-0.2, -0.15) is 0 Å². The Kier molecular flexibility index (Phi) is 3.88. The minimum atomic E-state index is -0.212. The molecule has 0 saturated carbocycles. The van der Waals surface area contributed by atoms with Crippen molar-refractivity contribution in [3.05, 3.63) is 24.0 Å². The molecule has 0 aliphatic heterocycles. The summed E-state index contributed by atoms with van der Waals surface area (Å²) in [7, 11) is 0. The summed E-state index contributed by atoms with van der Waals surface area (Å²) in [6.07, 6.45) is 3.73. The third-order valence-electron chi connectivity index (χ3n) is 2.52. The number of hydrogen-bond acceptors (Lipinski definition) is 2. The van der Waals surface area contributed by atoms with Crippen LogP contribution in [0.4, 0.5) is 0 Å². The molecule has 88 valence electrons.